The molecule has 1 aliphatic rings. The maximum atomic E-state index is 5.67. The minimum atomic E-state index is 0.160. The molecule has 1 aliphatic heterocycles. The Morgan fingerprint density at radius 2 is 2.00 bits per heavy atom. The molecule has 0 unspecified atom stereocenters. The quantitative estimate of drug-likeness (QED) is 0.653. The summed E-state index contributed by atoms with van der Waals surface area (Å²) in [6.45, 7) is 0.232. The number of ether oxygens (including phenoxy) is 2. The summed E-state index contributed by atoms with van der Waals surface area (Å²) in [5.74, 6) is 7.69. The topological polar surface area (TPSA) is 101 Å². The lowest BCUT2D eigenvalue weighted by Crippen LogP contribution is -2.13. The summed E-state index contributed by atoms with van der Waals surface area (Å²) < 4.78 is 11.7. The minimum absolute atomic E-state index is 0.160. The third kappa shape index (κ3) is 1.14. The summed E-state index contributed by atoms with van der Waals surface area (Å²) in [6, 6.07) is 5.40. The third-order valence-electron chi connectivity index (χ3n) is 2.35. The molecule has 0 radical (unpaired) electrons. The molecule has 2 aromatic rings. The predicted molar refractivity (Wildman–Crippen MR) is 56.1 cm³/mol. The lowest BCUT2D eigenvalue weighted by atomic mass is 10.2. The number of rotatable bonds is 1. The second-order valence-corrected chi connectivity index (χ2v) is 3.32. The Balaban J connectivity index is 2.10. The minimum Gasteiger partial charge on any atom is -0.454 e. The number of nitrogens with zero attached hydrogens (tertiary/aromatic N) is 3. The van der Waals surface area contributed by atoms with E-state index in [2.05, 4.69) is 10.2 Å². The van der Waals surface area contributed by atoms with Crippen LogP contribution in [0.5, 0.6) is 11.5 Å². The molecule has 16 heavy (non-hydrogen) atoms. The first-order valence-corrected chi connectivity index (χ1v) is 4.61. The number of nitrogen functional groups attached to an aromatic ring is 2. The van der Waals surface area contributed by atoms with E-state index in [-0.39, 0.29) is 12.7 Å². The highest BCUT2D eigenvalue weighted by atomic mass is 16.7. The van der Waals surface area contributed by atoms with Crippen molar-refractivity contribution in [1.82, 2.24) is 14.9 Å². The lowest BCUT2D eigenvalue weighted by Gasteiger charge is -2.02. The average molecular weight is 219 g/mol. The van der Waals surface area contributed by atoms with Crippen LogP contribution in [0.25, 0.3) is 11.4 Å². The zero-order chi connectivity index (χ0) is 11.1. The van der Waals surface area contributed by atoms with Crippen molar-refractivity contribution in [1.29, 1.82) is 0 Å². The molecule has 7 heteroatoms. The second-order valence-electron chi connectivity index (χ2n) is 3.32. The van der Waals surface area contributed by atoms with Gasteiger partial charge in [0.25, 0.3) is 0 Å². The van der Waals surface area contributed by atoms with Crippen LogP contribution < -0.4 is 21.1 Å². The van der Waals surface area contributed by atoms with E-state index in [0.29, 0.717) is 17.3 Å². The van der Waals surface area contributed by atoms with E-state index >= 15 is 0 Å². The molecule has 2 heterocycles. The number of aromatic nitrogens is 3. The highest BCUT2D eigenvalue weighted by Gasteiger charge is 2.16. The number of hydrogen-bond acceptors (Lipinski definition) is 6. The maximum absolute atomic E-state index is 5.67. The second kappa shape index (κ2) is 3.02. The van der Waals surface area contributed by atoms with Crippen LogP contribution in [-0.2, 0) is 0 Å². The molecule has 1 aromatic heterocycles. The molecule has 0 spiro atoms. The van der Waals surface area contributed by atoms with Crippen LogP contribution in [0.2, 0.25) is 0 Å². The molecule has 0 atom stereocenters. The normalized spacial score (nSPS) is 13.0. The van der Waals surface area contributed by atoms with Crippen LogP contribution in [0.3, 0.4) is 0 Å². The van der Waals surface area contributed by atoms with Crippen molar-refractivity contribution in [2.45, 2.75) is 0 Å². The van der Waals surface area contributed by atoms with Crippen LogP contribution in [0.15, 0.2) is 18.2 Å². The summed E-state index contributed by atoms with van der Waals surface area (Å²) in [6.07, 6.45) is 0. The average Bonchev–Trinajstić information content (AvgIpc) is 2.86. The van der Waals surface area contributed by atoms with Crippen molar-refractivity contribution in [2.24, 2.45) is 0 Å². The van der Waals surface area contributed by atoms with E-state index < -0.39 is 0 Å². The Morgan fingerprint density at radius 3 is 2.75 bits per heavy atom. The summed E-state index contributed by atoms with van der Waals surface area (Å²) >= 11 is 0. The predicted octanol–water partition coefficient (Wildman–Crippen LogP) is -0.0302. The monoisotopic (exact) mass is 219 g/mol. The Hall–Kier alpha value is -2.44. The van der Waals surface area contributed by atoms with E-state index in [1.165, 1.54) is 4.68 Å². The molecule has 7 nitrogen and oxygen atoms in total. The van der Waals surface area contributed by atoms with Crippen molar-refractivity contribution in [3.63, 3.8) is 0 Å². The number of hydrogen-bond donors (Lipinski definition) is 2. The molecule has 0 bridgehead atoms. The maximum Gasteiger partial charge on any atom is 0.241 e. The molecule has 0 saturated carbocycles. The zero-order valence-electron chi connectivity index (χ0n) is 8.25. The van der Waals surface area contributed by atoms with Gasteiger partial charge in [-0.3, -0.25) is 0 Å². The smallest absolute Gasteiger partial charge is 0.241 e. The number of benzene rings is 1. The zero-order valence-corrected chi connectivity index (χ0v) is 8.25. The summed E-state index contributed by atoms with van der Waals surface area (Å²) in [4.78, 5) is 0. The van der Waals surface area contributed by atoms with Gasteiger partial charge in [0.1, 0.15) is 0 Å². The number of fused-ring (bicyclic) bond motifs is 1. The first-order chi connectivity index (χ1) is 7.75. The Kier molecular flexibility index (Phi) is 1.67. The van der Waals surface area contributed by atoms with Gasteiger partial charge in [0.05, 0.1) is 0 Å². The molecule has 4 N–H and O–H groups in total. The molecule has 82 valence electrons. The molecule has 0 saturated heterocycles. The Morgan fingerprint density at radius 1 is 1.19 bits per heavy atom. The summed E-state index contributed by atoms with van der Waals surface area (Å²) in [7, 11) is 0. The van der Waals surface area contributed by atoms with Crippen molar-refractivity contribution in [2.75, 3.05) is 18.4 Å². The summed E-state index contributed by atoms with van der Waals surface area (Å²) in [5, 5.41) is 7.56. The van der Waals surface area contributed by atoms with Crippen molar-refractivity contribution >= 4 is 5.95 Å². The largest absolute Gasteiger partial charge is 0.454 e. The van der Waals surface area contributed by atoms with Crippen molar-refractivity contribution < 1.29 is 9.47 Å². The van der Waals surface area contributed by atoms with E-state index in [1.807, 2.05) is 6.07 Å². The number of anilines is 1. The van der Waals surface area contributed by atoms with Gasteiger partial charge in [-0.25, -0.2) is 4.68 Å². The highest BCUT2D eigenvalue weighted by molar-refractivity contribution is 5.62. The first kappa shape index (κ1) is 8.84. The first-order valence-electron chi connectivity index (χ1n) is 4.61. The molecular weight excluding hydrogens is 210 g/mol. The van der Waals surface area contributed by atoms with Gasteiger partial charge in [-0.05, 0) is 18.2 Å². The van der Waals surface area contributed by atoms with Crippen LogP contribution in [0.4, 0.5) is 5.95 Å². The molecule has 0 amide bonds. The molecular formula is C9H9N5O2. The van der Waals surface area contributed by atoms with Gasteiger partial charge >= 0.3 is 0 Å². The van der Waals surface area contributed by atoms with E-state index in [0.717, 1.165) is 5.56 Å². The third-order valence-corrected chi connectivity index (χ3v) is 2.35. The molecule has 0 aliphatic carbocycles. The Bertz CT molecular complexity index is 551. The van der Waals surface area contributed by atoms with Crippen LogP contribution in [0.1, 0.15) is 0 Å². The van der Waals surface area contributed by atoms with E-state index in [1.54, 1.807) is 12.1 Å². The fourth-order valence-corrected chi connectivity index (χ4v) is 1.54. The lowest BCUT2D eigenvalue weighted by molar-refractivity contribution is 0.174. The fourth-order valence-electron chi connectivity index (χ4n) is 1.54. The standard InChI is InChI=1S/C9H9N5O2/c10-9-13-12-8(14(9)11)5-1-2-6-7(3-5)16-4-15-6/h1-3H,4,11H2,(H2,10,13). The van der Waals surface area contributed by atoms with Gasteiger partial charge in [-0.1, -0.05) is 0 Å². The summed E-state index contributed by atoms with van der Waals surface area (Å²) in [5.41, 5.74) is 6.27. The number of nitrogens with two attached hydrogens (primary N) is 2. The SMILES string of the molecule is Nc1nnc(-c2ccc3c(c2)OCO3)n1N. The molecule has 3 rings (SSSR count). The Labute approximate surface area is 90.6 Å². The van der Waals surface area contributed by atoms with Crippen molar-refractivity contribution in [3.05, 3.63) is 18.2 Å². The van der Waals surface area contributed by atoms with Crippen molar-refractivity contribution in [3.8, 4) is 22.9 Å². The van der Waals surface area contributed by atoms with Gasteiger partial charge in [0.15, 0.2) is 17.3 Å². The van der Waals surface area contributed by atoms with Crippen LogP contribution in [-0.4, -0.2) is 21.7 Å². The van der Waals surface area contributed by atoms with Gasteiger partial charge in [-0.2, -0.15) is 0 Å². The fraction of sp³-hybridized carbons (Fsp3) is 0.111. The van der Waals surface area contributed by atoms with Gasteiger partial charge < -0.3 is 21.1 Å². The van der Waals surface area contributed by atoms with Gasteiger partial charge in [-0.15, -0.1) is 10.2 Å². The van der Waals surface area contributed by atoms with E-state index in [4.69, 9.17) is 21.1 Å². The molecule has 0 fully saturated rings. The van der Waals surface area contributed by atoms with Crippen LogP contribution >= 0.6 is 0 Å². The van der Waals surface area contributed by atoms with E-state index in [9.17, 15) is 0 Å². The van der Waals surface area contributed by atoms with Gasteiger partial charge in [0, 0.05) is 5.56 Å². The van der Waals surface area contributed by atoms with Crippen LogP contribution in [0, 0.1) is 0 Å². The highest BCUT2D eigenvalue weighted by Crippen LogP contribution is 2.35. The molecule has 1 aromatic carbocycles. The van der Waals surface area contributed by atoms with Gasteiger partial charge in [0.2, 0.25) is 12.7 Å².